The largest absolute Gasteiger partial charge is 0.505 e. The van der Waals surface area contributed by atoms with Crippen LogP contribution in [0.5, 0.6) is 12.0 Å². The van der Waals surface area contributed by atoms with Crippen molar-refractivity contribution in [2.75, 3.05) is 0 Å². The van der Waals surface area contributed by atoms with Crippen LogP contribution < -0.4 is 9.05 Å². The zero-order chi connectivity index (χ0) is 16.0. The molecule has 0 fully saturated rings. The Balaban J connectivity index is 1.87. The second kappa shape index (κ2) is 7.12. The highest BCUT2D eigenvalue weighted by Crippen LogP contribution is 2.60. The van der Waals surface area contributed by atoms with Gasteiger partial charge in [0.25, 0.3) is 0 Å². The molecule has 3 rings (SSSR count). The molecule has 0 amide bonds. The van der Waals surface area contributed by atoms with Gasteiger partial charge in [-0.15, -0.1) is 0 Å². The zero-order valence-electron chi connectivity index (χ0n) is 11.5. The highest BCUT2D eigenvalue weighted by Gasteiger charge is 2.34. The summed E-state index contributed by atoms with van der Waals surface area (Å²) in [6.07, 6.45) is 8.84. The first-order chi connectivity index (χ1) is 11.2. The fraction of sp³-hybridized carbons (Fsp3) is 0. The summed E-state index contributed by atoms with van der Waals surface area (Å²) in [7, 11) is 0. The van der Waals surface area contributed by atoms with E-state index < -0.39 is 6.80 Å². The second-order valence-corrected chi connectivity index (χ2v) is 7.51. The summed E-state index contributed by atoms with van der Waals surface area (Å²) in [5, 5.41) is 0.211. The lowest BCUT2D eigenvalue weighted by molar-refractivity contribution is 0.382. The molecule has 0 saturated carbocycles. The van der Waals surface area contributed by atoms with E-state index in [0.29, 0.717) is 11.4 Å². The van der Waals surface area contributed by atoms with Gasteiger partial charge < -0.3 is 9.05 Å². The number of hydrogen-bond acceptors (Lipinski definition) is 10. The van der Waals surface area contributed by atoms with E-state index in [0.717, 1.165) is 0 Å². The van der Waals surface area contributed by atoms with Crippen molar-refractivity contribution in [3.05, 3.63) is 55.4 Å². The van der Waals surface area contributed by atoms with Crippen LogP contribution in [0.3, 0.4) is 0 Å². The maximum Gasteiger partial charge on any atom is 0.505 e. The summed E-state index contributed by atoms with van der Waals surface area (Å²) in [5.74, 6) is 0. The fourth-order valence-electron chi connectivity index (χ4n) is 1.35. The molecule has 9 nitrogen and oxygen atoms in total. The summed E-state index contributed by atoms with van der Waals surface area (Å²) in [4.78, 5) is 23.4. The average molecular weight is 348 g/mol. The van der Waals surface area contributed by atoms with E-state index >= 15 is 0 Å². The minimum absolute atomic E-state index is 0.102. The fourth-order valence-corrected chi connectivity index (χ4v) is 3.98. The molecule has 0 saturated heterocycles. The smallest absolute Gasteiger partial charge is 0.372 e. The summed E-state index contributed by atoms with van der Waals surface area (Å²) in [6, 6.07) is 4.64. The Hall–Kier alpha value is -2.58. The summed E-state index contributed by atoms with van der Waals surface area (Å²) >= 11 is 0.710. The van der Waals surface area contributed by atoms with Crippen molar-refractivity contribution in [3.63, 3.8) is 0 Å². The predicted octanol–water partition coefficient (Wildman–Crippen LogP) is 2.41. The molecule has 0 atom stereocenters. The van der Waals surface area contributed by atoms with Crippen LogP contribution >= 0.6 is 18.2 Å². The van der Waals surface area contributed by atoms with Crippen LogP contribution in [-0.2, 0) is 4.57 Å². The molecular weight excluding hydrogens is 339 g/mol. The second-order valence-electron chi connectivity index (χ2n) is 3.82. The van der Waals surface area contributed by atoms with Crippen molar-refractivity contribution in [3.8, 4) is 12.0 Å². The van der Waals surface area contributed by atoms with Gasteiger partial charge >= 0.3 is 18.8 Å². The third-order valence-electron chi connectivity index (χ3n) is 2.21. The van der Waals surface area contributed by atoms with Crippen LogP contribution in [0.1, 0.15) is 0 Å². The van der Waals surface area contributed by atoms with Crippen LogP contribution in [0.15, 0.2) is 60.5 Å². The number of rotatable bonds is 6. The molecule has 3 heterocycles. The first-order valence-corrected chi connectivity index (χ1v) is 9.20. The summed E-state index contributed by atoms with van der Waals surface area (Å²) in [6.45, 7) is -3.84. The van der Waals surface area contributed by atoms with Crippen LogP contribution in [-0.4, -0.2) is 29.9 Å². The molecule has 3 aromatic rings. The molecule has 0 aromatic carbocycles. The minimum atomic E-state index is -3.84. The van der Waals surface area contributed by atoms with E-state index in [1.54, 1.807) is 18.2 Å². The molecule has 0 radical (unpaired) electrons. The van der Waals surface area contributed by atoms with Gasteiger partial charge in [-0.3, -0.25) is 0 Å². The van der Waals surface area contributed by atoms with Crippen molar-refractivity contribution >= 4 is 18.2 Å². The standard InChI is InChI=1S/C12H9N6O3PS/c19-22(20-10-13-4-1-5-14-10,21-11-15-6-2-7-16-11)23-12-17-8-3-9-18-12/h1-9H. The van der Waals surface area contributed by atoms with Gasteiger partial charge in [-0.25, -0.2) is 34.5 Å². The van der Waals surface area contributed by atoms with Gasteiger partial charge in [0.1, 0.15) is 0 Å². The summed E-state index contributed by atoms with van der Waals surface area (Å²) in [5.41, 5.74) is 0. The molecule has 0 aliphatic heterocycles. The maximum absolute atomic E-state index is 13.0. The Morgan fingerprint density at radius 3 is 1.52 bits per heavy atom. The van der Waals surface area contributed by atoms with Gasteiger partial charge in [-0.1, -0.05) is 0 Å². The van der Waals surface area contributed by atoms with Crippen molar-refractivity contribution in [2.45, 2.75) is 5.16 Å². The van der Waals surface area contributed by atoms with Crippen LogP contribution in [0.25, 0.3) is 0 Å². The molecule has 23 heavy (non-hydrogen) atoms. The number of hydrogen-bond donors (Lipinski definition) is 0. The molecule has 0 bridgehead atoms. The Kier molecular flexibility index (Phi) is 4.74. The molecule has 0 aliphatic rings. The van der Waals surface area contributed by atoms with Gasteiger partial charge in [0, 0.05) is 37.2 Å². The number of aromatic nitrogens is 6. The first-order valence-electron chi connectivity index (χ1n) is 6.23. The molecular formula is C12H9N6O3PS. The Bertz CT molecular complexity index is 687. The highest BCUT2D eigenvalue weighted by atomic mass is 32.7. The van der Waals surface area contributed by atoms with Crippen molar-refractivity contribution in [1.29, 1.82) is 0 Å². The topological polar surface area (TPSA) is 113 Å². The molecule has 0 N–H and O–H groups in total. The quantitative estimate of drug-likeness (QED) is 0.486. The van der Waals surface area contributed by atoms with Gasteiger partial charge in [-0.2, -0.15) is 0 Å². The Labute approximate surface area is 134 Å². The van der Waals surface area contributed by atoms with E-state index in [-0.39, 0.29) is 17.2 Å². The van der Waals surface area contributed by atoms with E-state index in [1.807, 2.05) is 0 Å². The average Bonchev–Trinajstić information content (AvgIpc) is 2.57. The molecule has 0 unspecified atom stereocenters. The van der Waals surface area contributed by atoms with E-state index in [9.17, 15) is 4.57 Å². The van der Waals surface area contributed by atoms with Gasteiger partial charge in [0.05, 0.1) is 11.4 Å². The lowest BCUT2D eigenvalue weighted by Gasteiger charge is -2.15. The van der Waals surface area contributed by atoms with Crippen LogP contribution in [0, 0.1) is 0 Å². The highest BCUT2D eigenvalue weighted by molar-refractivity contribution is 8.55. The maximum atomic E-state index is 13.0. The normalized spacial score (nSPS) is 11.0. The summed E-state index contributed by atoms with van der Waals surface area (Å²) < 4.78 is 23.6. The van der Waals surface area contributed by atoms with Crippen molar-refractivity contribution in [2.24, 2.45) is 0 Å². The Morgan fingerprint density at radius 2 is 1.09 bits per heavy atom. The molecule has 0 spiro atoms. The van der Waals surface area contributed by atoms with Crippen LogP contribution in [0.4, 0.5) is 0 Å². The third-order valence-corrected chi connectivity index (χ3v) is 5.19. The predicted molar refractivity (Wildman–Crippen MR) is 80.8 cm³/mol. The molecule has 3 aromatic heterocycles. The van der Waals surface area contributed by atoms with Gasteiger partial charge in [0.15, 0.2) is 0 Å². The zero-order valence-corrected chi connectivity index (χ0v) is 13.2. The van der Waals surface area contributed by atoms with Crippen molar-refractivity contribution in [1.82, 2.24) is 29.9 Å². The third kappa shape index (κ3) is 4.44. The van der Waals surface area contributed by atoms with Crippen LogP contribution in [0.2, 0.25) is 0 Å². The monoisotopic (exact) mass is 348 g/mol. The van der Waals surface area contributed by atoms with Crippen molar-refractivity contribution < 1.29 is 13.6 Å². The lowest BCUT2D eigenvalue weighted by atomic mass is 10.7. The molecule has 116 valence electrons. The minimum Gasteiger partial charge on any atom is -0.372 e. The lowest BCUT2D eigenvalue weighted by Crippen LogP contribution is -2.03. The van der Waals surface area contributed by atoms with Gasteiger partial charge in [-0.05, 0) is 18.2 Å². The van der Waals surface area contributed by atoms with Gasteiger partial charge in [0.2, 0.25) is 5.16 Å². The van der Waals surface area contributed by atoms with E-state index in [4.69, 9.17) is 9.05 Å². The molecule has 0 aliphatic carbocycles. The number of nitrogens with zero attached hydrogens (tertiary/aromatic N) is 6. The van der Waals surface area contributed by atoms with E-state index in [2.05, 4.69) is 29.9 Å². The molecule has 11 heteroatoms. The first kappa shape index (κ1) is 15.3. The Morgan fingerprint density at radius 1 is 0.696 bits per heavy atom. The SMILES string of the molecule is O=P(Oc1ncccn1)(Oc1ncccn1)Sc1ncccn1. The van der Waals surface area contributed by atoms with E-state index in [1.165, 1.54) is 37.2 Å².